The SMILES string of the molecule is Cc1ccnc(C#CCCO)c1. The predicted octanol–water partition coefficient (Wildman–Crippen LogP) is 1.12. The lowest BCUT2D eigenvalue weighted by Crippen LogP contribution is -1.83. The van der Waals surface area contributed by atoms with Crippen LogP contribution in [-0.4, -0.2) is 16.7 Å². The second kappa shape index (κ2) is 4.53. The molecule has 2 heteroatoms. The summed E-state index contributed by atoms with van der Waals surface area (Å²) in [5.74, 6) is 5.68. The van der Waals surface area contributed by atoms with E-state index in [0.717, 1.165) is 11.3 Å². The summed E-state index contributed by atoms with van der Waals surface area (Å²) in [5.41, 5.74) is 1.92. The van der Waals surface area contributed by atoms with Crippen molar-refractivity contribution in [1.82, 2.24) is 4.98 Å². The van der Waals surface area contributed by atoms with Gasteiger partial charge in [-0.05, 0) is 30.5 Å². The zero-order valence-electron chi connectivity index (χ0n) is 7.04. The van der Waals surface area contributed by atoms with E-state index in [1.54, 1.807) is 6.20 Å². The van der Waals surface area contributed by atoms with Gasteiger partial charge >= 0.3 is 0 Å². The number of aliphatic hydroxyl groups is 1. The van der Waals surface area contributed by atoms with Crippen molar-refractivity contribution < 1.29 is 5.11 Å². The number of rotatable bonds is 1. The fourth-order valence-electron chi connectivity index (χ4n) is 0.813. The summed E-state index contributed by atoms with van der Waals surface area (Å²) in [7, 11) is 0. The van der Waals surface area contributed by atoms with E-state index in [1.807, 2.05) is 19.1 Å². The molecule has 0 aliphatic carbocycles. The highest BCUT2D eigenvalue weighted by molar-refractivity contribution is 5.29. The van der Waals surface area contributed by atoms with Gasteiger partial charge in [0.15, 0.2) is 0 Å². The van der Waals surface area contributed by atoms with E-state index in [2.05, 4.69) is 16.8 Å². The molecular weight excluding hydrogens is 150 g/mol. The molecule has 0 bridgehead atoms. The molecule has 1 heterocycles. The van der Waals surface area contributed by atoms with Crippen LogP contribution >= 0.6 is 0 Å². The fraction of sp³-hybridized carbons (Fsp3) is 0.300. The van der Waals surface area contributed by atoms with Crippen molar-refractivity contribution in [3.63, 3.8) is 0 Å². The first-order valence-corrected chi connectivity index (χ1v) is 3.85. The molecule has 0 aliphatic heterocycles. The van der Waals surface area contributed by atoms with Crippen LogP contribution in [0.5, 0.6) is 0 Å². The van der Waals surface area contributed by atoms with Crippen LogP contribution in [0.4, 0.5) is 0 Å². The molecule has 0 saturated heterocycles. The maximum absolute atomic E-state index is 8.48. The van der Waals surface area contributed by atoms with Crippen LogP contribution < -0.4 is 0 Å². The van der Waals surface area contributed by atoms with E-state index in [0.29, 0.717) is 6.42 Å². The van der Waals surface area contributed by atoms with Gasteiger partial charge in [0.25, 0.3) is 0 Å². The molecular formula is C10H11NO. The number of nitrogens with zero attached hydrogens (tertiary/aromatic N) is 1. The zero-order valence-corrected chi connectivity index (χ0v) is 7.04. The third kappa shape index (κ3) is 2.73. The maximum Gasteiger partial charge on any atom is 0.113 e. The zero-order chi connectivity index (χ0) is 8.81. The van der Waals surface area contributed by atoms with Gasteiger partial charge in [0, 0.05) is 12.6 Å². The molecule has 0 saturated carbocycles. The average Bonchev–Trinajstić information content (AvgIpc) is 2.05. The number of pyridine rings is 1. The van der Waals surface area contributed by atoms with Crippen LogP contribution in [-0.2, 0) is 0 Å². The third-order valence-corrected chi connectivity index (χ3v) is 1.37. The van der Waals surface area contributed by atoms with Gasteiger partial charge in [0.2, 0.25) is 0 Å². The minimum absolute atomic E-state index is 0.110. The summed E-state index contributed by atoms with van der Waals surface area (Å²) in [6.45, 7) is 2.11. The van der Waals surface area contributed by atoms with Gasteiger partial charge in [-0.3, -0.25) is 0 Å². The van der Waals surface area contributed by atoms with Crippen molar-refractivity contribution in [2.75, 3.05) is 6.61 Å². The lowest BCUT2D eigenvalue weighted by atomic mass is 10.2. The Morgan fingerprint density at radius 3 is 3.08 bits per heavy atom. The summed E-state index contributed by atoms with van der Waals surface area (Å²) >= 11 is 0. The molecule has 1 rings (SSSR count). The van der Waals surface area contributed by atoms with Crippen molar-refractivity contribution >= 4 is 0 Å². The minimum Gasteiger partial charge on any atom is -0.395 e. The standard InChI is InChI=1S/C10H11NO/c1-9-5-6-11-10(8-9)4-2-3-7-12/h5-6,8,12H,3,7H2,1H3. The summed E-state index contributed by atoms with van der Waals surface area (Å²) < 4.78 is 0. The first-order valence-electron chi connectivity index (χ1n) is 3.85. The van der Waals surface area contributed by atoms with Crippen LogP contribution in [0.1, 0.15) is 17.7 Å². The van der Waals surface area contributed by atoms with Crippen molar-refractivity contribution in [1.29, 1.82) is 0 Å². The summed E-state index contributed by atoms with van der Waals surface area (Å²) in [4.78, 5) is 4.06. The third-order valence-electron chi connectivity index (χ3n) is 1.37. The lowest BCUT2D eigenvalue weighted by molar-refractivity contribution is 0.305. The molecule has 0 amide bonds. The molecule has 0 aromatic carbocycles. The van der Waals surface area contributed by atoms with Crippen molar-refractivity contribution in [2.45, 2.75) is 13.3 Å². The van der Waals surface area contributed by atoms with Crippen molar-refractivity contribution in [3.8, 4) is 11.8 Å². The second-order valence-corrected chi connectivity index (χ2v) is 2.49. The Morgan fingerprint density at radius 2 is 2.42 bits per heavy atom. The van der Waals surface area contributed by atoms with Gasteiger partial charge in [-0.25, -0.2) is 4.98 Å². The van der Waals surface area contributed by atoms with E-state index in [-0.39, 0.29) is 6.61 Å². The van der Waals surface area contributed by atoms with E-state index >= 15 is 0 Å². The van der Waals surface area contributed by atoms with Crippen molar-refractivity contribution in [2.24, 2.45) is 0 Å². The Bertz CT molecular complexity index is 309. The first-order chi connectivity index (χ1) is 5.83. The summed E-state index contributed by atoms with van der Waals surface area (Å²) in [6, 6.07) is 3.85. The highest BCUT2D eigenvalue weighted by Gasteiger charge is 1.86. The lowest BCUT2D eigenvalue weighted by Gasteiger charge is -1.90. The Kier molecular flexibility index (Phi) is 3.31. The van der Waals surface area contributed by atoms with Crippen LogP contribution in [0.2, 0.25) is 0 Å². The molecule has 0 radical (unpaired) electrons. The number of aliphatic hydroxyl groups excluding tert-OH is 1. The van der Waals surface area contributed by atoms with Gasteiger partial charge in [-0.15, -0.1) is 0 Å². The van der Waals surface area contributed by atoms with Gasteiger partial charge in [-0.2, -0.15) is 0 Å². The van der Waals surface area contributed by atoms with Crippen LogP contribution in [0.3, 0.4) is 0 Å². The minimum atomic E-state index is 0.110. The highest BCUT2D eigenvalue weighted by atomic mass is 16.2. The molecule has 0 atom stereocenters. The summed E-state index contributed by atoms with van der Waals surface area (Å²) in [6.07, 6.45) is 2.24. The molecule has 1 N–H and O–H groups in total. The first kappa shape index (κ1) is 8.76. The fourth-order valence-corrected chi connectivity index (χ4v) is 0.813. The highest BCUT2D eigenvalue weighted by Crippen LogP contribution is 1.97. The second-order valence-electron chi connectivity index (χ2n) is 2.49. The van der Waals surface area contributed by atoms with E-state index in [9.17, 15) is 0 Å². The Labute approximate surface area is 72.3 Å². The molecule has 0 aliphatic rings. The number of hydrogen-bond donors (Lipinski definition) is 1. The van der Waals surface area contributed by atoms with Gasteiger partial charge in [0.05, 0.1) is 6.61 Å². The molecule has 12 heavy (non-hydrogen) atoms. The Balaban J connectivity index is 2.71. The smallest absolute Gasteiger partial charge is 0.113 e. The number of aromatic nitrogens is 1. The quantitative estimate of drug-likeness (QED) is 0.626. The topological polar surface area (TPSA) is 33.1 Å². The van der Waals surface area contributed by atoms with E-state index < -0.39 is 0 Å². The largest absolute Gasteiger partial charge is 0.395 e. The molecule has 0 fully saturated rings. The molecule has 2 nitrogen and oxygen atoms in total. The predicted molar refractivity (Wildman–Crippen MR) is 47.6 cm³/mol. The molecule has 0 unspecified atom stereocenters. The normalized spacial score (nSPS) is 8.83. The van der Waals surface area contributed by atoms with Gasteiger partial charge < -0.3 is 5.11 Å². The van der Waals surface area contributed by atoms with Crippen LogP contribution in [0.15, 0.2) is 18.3 Å². The van der Waals surface area contributed by atoms with E-state index in [1.165, 1.54) is 0 Å². The van der Waals surface area contributed by atoms with Gasteiger partial charge in [-0.1, -0.05) is 5.92 Å². The molecule has 1 aromatic rings. The number of aryl methyl sites for hydroxylation is 1. The number of hydrogen-bond acceptors (Lipinski definition) is 2. The van der Waals surface area contributed by atoms with Crippen molar-refractivity contribution in [3.05, 3.63) is 29.6 Å². The average molecular weight is 161 g/mol. The molecule has 0 spiro atoms. The molecule has 62 valence electrons. The molecule has 1 aromatic heterocycles. The summed E-state index contributed by atoms with van der Waals surface area (Å²) in [5, 5.41) is 8.48. The van der Waals surface area contributed by atoms with E-state index in [4.69, 9.17) is 5.11 Å². The Morgan fingerprint density at radius 1 is 1.58 bits per heavy atom. The Hall–Kier alpha value is -1.33. The van der Waals surface area contributed by atoms with Crippen LogP contribution in [0, 0.1) is 18.8 Å². The van der Waals surface area contributed by atoms with Gasteiger partial charge in [0.1, 0.15) is 5.69 Å². The maximum atomic E-state index is 8.48. The van der Waals surface area contributed by atoms with Crippen LogP contribution in [0.25, 0.3) is 0 Å². The monoisotopic (exact) mass is 161 g/mol.